The Hall–Kier alpha value is -3.30. The van der Waals surface area contributed by atoms with Crippen molar-refractivity contribution in [3.8, 4) is 28.4 Å². The van der Waals surface area contributed by atoms with Gasteiger partial charge in [0.05, 0.1) is 24.8 Å². The molecule has 5 rings (SSSR count). The second kappa shape index (κ2) is 15.3. The summed E-state index contributed by atoms with van der Waals surface area (Å²) >= 11 is 6.70. The summed E-state index contributed by atoms with van der Waals surface area (Å²) in [6.07, 6.45) is 4.11. The van der Waals surface area contributed by atoms with Gasteiger partial charge in [-0.3, -0.25) is 9.69 Å². The maximum absolute atomic E-state index is 11.8. The number of hydrogen-bond donors (Lipinski definition) is 2. The number of nitrogens with zero attached hydrogens (tertiary/aromatic N) is 2. The van der Waals surface area contributed by atoms with E-state index in [0.29, 0.717) is 42.7 Å². The summed E-state index contributed by atoms with van der Waals surface area (Å²) in [5.74, 6) is 1.24. The topological polar surface area (TPSA) is 91.7 Å². The molecule has 0 aliphatic carbocycles. The van der Waals surface area contributed by atoms with Crippen molar-refractivity contribution in [2.45, 2.75) is 71.2 Å². The molecule has 2 aliphatic rings. The molecule has 2 saturated heterocycles. The average molecular weight is 637 g/mol. The van der Waals surface area contributed by atoms with Crippen LogP contribution in [0.2, 0.25) is 5.02 Å². The lowest BCUT2D eigenvalue weighted by molar-refractivity contribution is -0.144. The Kier molecular flexibility index (Phi) is 11.3. The fourth-order valence-corrected chi connectivity index (χ4v) is 6.75. The SMILES string of the molecule is COc1cc(OCc2cccc(-c3cccc(OCCCN4CC[C@@H](O)C4)c3C)c2C)c(Cl)cc1CN1CCCC[C@H]1C(=O)O. The van der Waals surface area contributed by atoms with Crippen LogP contribution in [0.1, 0.15) is 54.4 Å². The minimum absolute atomic E-state index is 0.195. The summed E-state index contributed by atoms with van der Waals surface area (Å²) in [7, 11) is 1.61. The van der Waals surface area contributed by atoms with Crippen molar-refractivity contribution < 1.29 is 29.2 Å². The molecule has 2 atom stereocenters. The number of aliphatic hydroxyl groups excluding tert-OH is 1. The number of benzene rings is 3. The van der Waals surface area contributed by atoms with Gasteiger partial charge >= 0.3 is 5.97 Å². The Labute approximate surface area is 271 Å². The van der Waals surface area contributed by atoms with Crippen molar-refractivity contribution in [1.82, 2.24) is 9.80 Å². The number of carboxylic acids is 1. The first kappa shape index (κ1) is 33.1. The molecule has 2 N–H and O–H groups in total. The molecule has 3 aromatic rings. The van der Waals surface area contributed by atoms with Crippen LogP contribution < -0.4 is 14.2 Å². The van der Waals surface area contributed by atoms with E-state index in [1.807, 2.05) is 29.2 Å². The molecule has 3 aromatic carbocycles. The molecule has 0 saturated carbocycles. The third-order valence-corrected chi connectivity index (χ3v) is 9.43. The van der Waals surface area contributed by atoms with E-state index in [0.717, 1.165) is 91.0 Å². The van der Waals surface area contributed by atoms with Crippen LogP contribution in [0.25, 0.3) is 11.1 Å². The molecular formula is C36H45ClN2O6. The molecule has 2 aliphatic heterocycles. The molecule has 0 unspecified atom stereocenters. The molecule has 0 spiro atoms. The smallest absolute Gasteiger partial charge is 0.320 e. The number of hydrogen-bond acceptors (Lipinski definition) is 7. The van der Waals surface area contributed by atoms with Gasteiger partial charge in [-0.1, -0.05) is 48.4 Å². The van der Waals surface area contributed by atoms with Crippen molar-refractivity contribution >= 4 is 17.6 Å². The standard InChI is InChI=1S/C36H45ClN2O6/c1-24-26(23-45-35-20-34(43-3)27(19-31(35)37)21-39-16-5-4-12-32(39)36(41)42)9-6-10-29(24)30-11-7-13-33(25(30)2)44-18-8-15-38-17-14-28(40)22-38/h6-7,9-11,13,19-20,28,32,40H,4-5,8,12,14-18,21-23H2,1-3H3,(H,41,42)/t28-,32+/m1/s1. The number of ether oxygens (including phenoxy) is 3. The van der Waals surface area contributed by atoms with Crippen molar-refractivity contribution in [3.05, 3.63) is 75.8 Å². The summed E-state index contributed by atoms with van der Waals surface area (Å²) in [5.41, 5.74) is 6.35. The molecule has 2 fully saturated rings. The van der Waals surface area contributed by atoms with Crippen LogP contribution in [0.5, 0.6) is 17.2 Å². The number of carbonyl (C=O) groups is 1. The van der Waals surface area contributed by atoms with Crippen molar-refractivity contribution in [2.24, 2.45) is 0 Å². The van der Waals surface area contributed by atoms with Crippen molar-refractivity contribution in [1.29, 1.82) is 0 Å². The highest BCUT2D eigenvalue weighted by molar-refractivity contribution is 6.32. The summed E-state index contributed by atoms with van der Waals surface area (Å²) in [6, 6.07) is 15.5. The summed E-state index contributed by atoms with van der Waals surface area (Å²) < 4.78 is 18.1. The number of rotatable bonds is 13. The van der Waals surface area contributed by atoms with Crippen LogP contribution in [0.15, 0.2) is 48.5 Å². The molecule has 45 heavy (non-hydrogen) atoms. The second-order valence-corrected chi connectivity index (χ2v) is 12.6. The van der Waals surface area contributed by atoms with E-state index < -0.39 is 12.0 Å². The monoisotopic (exact) mass is 636 g/mol. The molecule has 0 amide bonds. The number of aliphatic carboxylic acids is 1. The third kappa shape index (κ3) is 8.11. The van der Waals surface area contributed by atoms with Crippen LogP contribution in [-0.4, -0.2) is 78.0 Å². The highest BCUT2D eigenvalue weighted by atomic mass is 35.5. The lowest BCUT2D eigenvalue weighted by Gasteiger charge is -2.33. The fraction of sp³-hybridized carbons (Fsp3) is 0.472. The van der Waals surface area contributed by atoms with Gasteiger partial charge in [-0.05, 0) is 86.0 Å². The van der Waals surface area contributed by atoms with Crippen LogP contribution in [0, 0.1) is 13.8 Å². The maximum Gasteiger partial charge on any atom is 0.320 e. The first-order chi connectivity index (χ1) is 21.7. The minimum Gasteiger partial charge on any atom is -0.496 e. The average Bonchev–Trinajstić information content (AvgIpc) is 3.45. The van der Waals surface area contributed by atoms with Gasteiger partial charge in [0.25, 0.3) is 0 Å². The first-order valence-corrected chi connectivity index (χ1v) is 16.3. The fourth-order valence-electron chi connectivity index (χ4n) is 6.51. The molecule has 242 valence electrons. The molecule has 8 nitrogen and oxygen atoms in total. The summed E-state index contributed by atoms with van der Waals surface area (Å²) in [4.78, 5) is 16.1. The van der Waals surface area contributed by atoms with Gasteiger partial charge in [0.1, 0.15) is 29.9 Å². The van der Waals surface area contributed by atoms with E-state index in [-0.39, 0.29) is 6.10 Å². The Morgan fingerprint density at radius 2 is 1.71 bits per heavy atom. The van der Waals surface area contributed by atoms with Gasteiger partial charge in [-0.25, -0.2) is 0 Å². The number of likely N-dealkylation sites (tertiary alicyclic amines) is 2. The summed E-state index contributed by atoms with van der Waals surface area (Å²) in [6.45, 7) is 8.98. The zero-order valence-corrected chi connectivity index (χ0v) is 27.3. The van der Waals surface area contributed by atoms with Gasteiger partial charge in [0.15, 0.2) is 0 Å². The second-order valence-electron chi connectivity index (χ2n) is 12.2. The van der Waals surface area contributed by atoms with E-state index in [9.17, 15) is 15.0 Å². The number of methoxy groups -OCH3 is 1. The largest absolute Gasteiger partial charge is 0.496 e. The molecule has 0 radical (unpaired) electrons. The Morgan fingerprint density at radius 1 is 0.933 bits per heavy atom. The number of aliphatic hydroxyl groups is 1. The van der Waals surface area contributed by atoms with Gasteiger partial charge in [-0.15, -0.1) is 0 Å². The van der Waals surface area contributed by atoms with Crippen LogP contribution in [-0.2, 0) is 17.9 Å². The molecule has 0 aromatic heterocycles. The zero-order valence-electron chi connectivity index (χ0n) is 26.6. The highest BCUT2D eigenvalue weighted by Gasteiger charge is 2.29. The Balaban J connectivity index is 1.25. The number of carboxylic acid groups (broad SMARTS) is 1. The minimum atomic E-state index is -0.790. The first-order valence-electron chi connectivity index (χ1n) is 15.9. The van der Waals surface area contributed by atoms with Crippen molar-refractivity contribution in [3.63, 3.8) is 0 Å². The van der Waals surface area contributed by atoms with E-state index in [1.165, 1.54) is 0 Å². The molecule has 2 heterocycles. The van der Waals surface area contributed by atoms with Crippen molar-refractivity contribution in [2.75, 3.05) is 39.9 Å². The predicted molar refractivity (Wildman–Crippen MR) is 177 cm³/mol. The lowest BCUT2D eigenvalue weighted by Crippen LogP contribution is -2.44. The number of piperidine rings is 1. The zero-order chi connectivity index (χ0) is 31.9. The Bertz CT molecular complexity index is 1480. The van der Waals surface area contributed by atoms with Gasteiger partial charge < -0.3 is 29.3 Å². The maximum atomic E-state index is 11.8. The van der Waals surface area contributed by atoms with E-state index in [4.69, 9.17) is 25.8 Å². The Morgan fingerprint density at radius 3 is 2.44 bits per heavy atom. The van der Waals surface area contributed by atoms with Crippen LogP contribution >= 0.6 is 11.6 Å². The van der Waals surface area contributed by atoms with Gasteiger partial charge in [0.2, 0.25) is 0 Å². The molecule has 0 bridgehead atoms. The summed E-state index contributed by atoms with van der Waals surface area (Å²) in [5, 5.41) is 19.9. The highest BCUT2D eigenvalue weighted by Crippen LogP contribution is 2.37. The van der Waals surface area contributed by atoms with Crippen LogP contribution in [0.4, 0.5) is 0 Å². The lowest BCUT2D eigenvalue weighted by atomic mass is 9.93. The third-order valence-electron chi connectivity index (χ3n) is 9.13. The quantitative estimate of drug-likeness (QED) is 0.206. The van der Waals surface area contributed by atoms with E-state index >= 15 is 0 Å². The van der Waals surface area contributed by atoms with E-state index in [2.05, 4.69) is 36.9 Å². The van der Waals surface area contributed by atoms with E-state index in [1.54, 1.807) is 13.2 Å². The normalized spacial score (nSPS) is 19.0. The molecule has 9 heteroatoms. The van der Waals surface area contributed by atoms with Gasteiger partial charge in [0, 0.05) is 37.8 Å². The van der Waals surface area contributed by atoms with Crippen LogP contribution in [0.3, 0.4) is 0 Å². The predicted octanol–water partition coefficient (Wildman–Crippen LogP) is 6.49. The number of halogens is 1. The number of β-amino-alcohol motifs (C(OH)–C–C–N with tert-alkyl or cyclic N) is 1. The van der Waals surface area contributed by atoms with Gasteiger partial charge in [-0.2, -0.15) is 0 Å². The molecular weight excluding hydrogens is 592 g/mol.